The van der Waals surface area contributed by atoms with Gasteiger partial charge in [-0.15, -0.1) is 11.8 Å². The van der Waals surface area contributed by atoms with Gasteiger partial charge in [0.15, 0.2) is 5.82 Å². The molecule has 3 N–H and O–H groups in total. The second-order valence-electron chi connectivity index (χ2n) is 4.16. The molecule has 0 fully saturated rings. The van der Waals surface area contributed by atoms with E-state index < -0.39 is 0 Å². The Hall–Kier alpha value is -0.890. The number of nitrogens with one attached hydrogen (secondary N) is 1. The number of aromatic nitrogens is 2. The van der Waals surface area contributed by atoms with Crippen LogP contribution in [0.5, 0.6) is 0 Å². The molecule has 0 spiro atoms. The Morgan fingerprint density at radius 3 is 2.65 bits per heavy atom. The Labute approximate surface area is 125 Å². The topological polar surface area (TPSA) is 76.3 Å². The highest BCUT2D eigenvalue weighted by Gasteiger charge is 2.06. The van der Waals surface area contributed by atoms with Crippen LogP contribution in [0.3, 0.4) is 0 Å². The lowest BCUT2D eigenvalue weighted by molar-refractivity contribution is 0.128. The highest BCUT2D eigenvalue weighted by atomic mass is 32.2. The molecule has 1 heterocycles. The molecule has 1 aromatic rings. The van der Waals surface area contributed by atoms with Crippen molar-refractivity contribution in [2.24, 2.45) is 5.84 Å². The molecule has 0 unspecified atom stereocenters. The zero-order valence-electron chi connectivity index (χ0n) is 12.6. The summed E-state index contributed by atoms with van der Waals surface area (Å²) in [5.74, 6) is 7.72. The average Bonchev–Trinajstić information content (AvgIpc) is 2.49. The lowest BCUT2D eigenvalue weighted by Gasteiger charge is -2.17. The minimum absolute atomic E-state index is 0.412. The molecule has 0 aliphatic heterocycles. The summed E-state index contributed by atoms with van der Waals surface area (Å²) in [6.45, 7) is 10.6. The Bertz CT molecular complexity index is 387. The van der Waals surface area contributed by atoms with Gasteiger partial charge in [-0.05, 0) is 20.0 Å². The number of hydrogen-bond acceptors (Lipinski definition) is 7. The van der Waals surface area contributed by atoms with Gasteiger partial charge in [-0.25, -0.2) is 15.8 Å². The van der Waals surface area contributed by atoms with E-state index in [0.29, 0.717) is 24.9 Å². The molecule has 0 aliphatic rings. The van der Waals surface area contributed by atoms with Crippen LogP contribution in [0.15, 0.2) is 11.1 Å². The van der Waals surface area contributed by atoms with Crippen molar-refractivity contribution in [1.82, 2.24) is 14.9 Å². The van der Waals surface area contributed by atoms with Gasteiger partial charge in [0.05, 0.1) is 0 Å². The predicted octanol–water partition coefficient (Wildman–Crippen LogP) is 1.73. The Kier molecular flexibility index (Phi) is 8.52. The SMILES string of the molecule is CCOCc1nc(NN)cc(SCCN(CC)CC)n1. The molecule has 7 heteroatoms. The average molecular weight is 299 g/mol. The number of thioether (sulfide) groups is 1. The van der Waals surface area contributed by atoms with E-state index in [1.807, 2.05) is 13.0 Å². The lowest BCUT2D eigenvalue weighted by atomic mass is 10.5. The summed E-state index contributed by atoms with van der Waals surface area (Å²) in [7, 11) is 0. The van der Waals surface area contributed by atoms with Gasteiger partial charge in [-0.1, -0.05) is 13.8 Å². The molecular weight excluding hydrogens is 274 g/mol. The fraction of sp³-hybridized carbons (Fsp3) is 0.692. The number of anilines is 1. The van der Waals surface area contributed by atoms with Crippen LogP contribution in [0.1, 0.15) is 26.6 Å². The number of rotatable bonds is 10. The maximum atomic E-state index is 5.44. The third-order valence-electron chi connectivity index (χ3n) is 2.88. The number of nitrogen functional groups attached to an aromatic ring is 1. The lowest BCUT2D eigenvalue weighted by Crippen LogP contribution is -2.25. The van der Waals surface area contributed by atoms with Gasteiger partial charge in [0, 0.05) is 25.0 Å². The van der Waals surface area contributed by atoms with E-state index in [0.717, 1.165) is 30.4 Å². The van der Waals surface area contributed by atoms with Crippen molar-refractivity contribution in [1.29, 1.82) is 0 Å². The van der Waals surface area contributed by atoms with Crippen molar-refractivity contribution in [3.05, 3.63) is 11.9 Å². The van der Waals surface area contributed by atoms with E-state index in [9.17, 15) is 0 Å². The van der Waals surface area contributed by atoms with Crippen LogP contribution in [0.2, 0.25) is 0 Å². The van der Waals surface area contributed by atoms with Crippen LogP contribution in [0.25, 0.3) is 0 Å². The number of hydrazine groups is 1. The van der Waals surface area contributed by atoms with Gasteiger partial charge in [0.1, 0.15) is 17.5 Å². The summed E-state index contributed by atoms with van der Waals surface area (Å²) >= 11 is 1.71. The minimum Gasteiger partial charge on any atom is -0.374 e. The van der Waals surface area contributed by atoms with Crippen LogP contribution >= 0.6 is 11.8 Å². The van der Waals surface area contributed by atoms with Crippen molar-refractivity contribution < 1.29 is 4.74 Å². The first-order chi connectivity index (χ1) is 9.73. The highest BCUT2D eigenvalue weighted by molar-refractivity contribution is 7.99. The predicted molar refractivity (Wildman–Crippen MR) is 83.7 cm³/mol. The summed E-state index contributed by atoms with van der Waals surface area (Å²) in [6.07, 6.45) is 0. The summed E-state index contributed by atoms with van der Waals surface area (Å²) in [5, 5.41) is 0.926. The first-order valence-corrected chi connectivity index (χ1v) is 7.99. The Morgan fingerprint density at radius 1 is 1.30 bits per heavy atom. The van der Waals surface area contributed by atoms with Crippen molar-refractivity contribution in [2.45, 2.75) is 32.4 Å². The van der Waals surface area contributed by atoms with Crippen molar-refractivity contribution in [2.75, 3.05) is 37.4 Å². The number of ether oxygens (including phenoxy) is 1. The standard InChI is InChI=1S/C13H25N5OS/c1-4-18(5-2)7-8-20-13-9-11(17-14)15-12(16-13)10-19-6-3/h9H,4-8,10,14H2,1-3H3,(H,15,16,17). The molecule has 0 amide bonds. The van der Waals surface area contributed by atoms with Crippen LogP contribution in [0.4, 0.5) is 5.82 Å². The third-order valence-corrected chi connectivity index (χ3v) is 3.78. The fourth-order valence-electron chi connectivity index (χ4n) is 1.70. The summed E-state index contributed by atoms with van der Waals surface area (Å²) in [4.78, 5) is 11.1. The number of nitrogens with two attached hydrogens (primary N) is 1. The van der Waals surface area contributed by atoms with E-state index >= 15 is 0 Å². The minimum atomic E-state index is 0.412. The van der Waals surface area contributed by atoms with Gasteiger partial charge in [0.25, 0.3) is 0 Å². The molecule has 0 aromatic carbocycles. The molecule has 20 heavy (non-hydrogen) atoms. The van der Waals surface area contributed by atoms with Crippen LogP contribution in [-0.2, 0) is 11.3 Å². The van der Waals surface area contributed by atoms with E-state index in [2.05, 4.69) is 34.1 Å². The molecule has 114 valence electrons. The zero-order chi connectivity index (χ0) is 14.8. The fourth-order valence-corrected chi connectivity index (χ4v) is 2.62. The summed E-state index contributed by atoms with van der Waals surface area (Å²) in [6, 6.07) is 1.86. The zero-order valence-corrected chi connectivity index (χ0v) is 13.4. The second-order valence-corrected chi connectivity index (χ2v) is 5.28. The highest BCUT2D eigenvalue weighted by Crippen LogP contribution is 2.18. The van der Waals surface area contributed by atoms with Crippen molar-refractivity contribution in [3.63, 3.8) is 0 Å². The Balaban J connectivity index is 2.59. The molecule has 0 aliphatic carbocycles. The normalized spacial score (nSPS) is 11.1. The summed E-state index contributed by atoms with van der Waals surface area (Å²) < 4.78 is 5.34. The van der Waals surface area contributed by atoms with Crippen LogP contribution in [-0.4, -0.2) is 46.9 Å². The number of hydrogen-bond donors (Lipinski definition) is 2. The quantitative estimate of drug-likeness (QED) is 0.295. The first-order valence-electron chi connectivity index (χ1n) is 7.00. The summed E-state index contributed by atoms with van der Waals surface area (Å²) in [5.41, 5.74) is 2.58. The third kappa shape index (κ3) is 6.04. The van der Waals surface area contributed by atoms with Crippen molar-refractivity contribution in [3.8, 4) is 0 Å². The molecule has 1 rings (SSSR count). The van der Waals surface area contributed by atoms with Gasteiger partial charge in [0.2, 0.25) is 0 Å². The maximum Gasteiger partial charge on any atom is 0.157 e. The smallest absolute Gasteiger partial charge is 0.157 e. The van der Waals surface area contributed by atoms with Crippen molar-refractivity contribution >= 4 is 17.6 Å². The van der Waals surface area contributed by atoms with Crippen LogP contribution < -0.4 is 11.3 Å². The molecule has 0 bridgehead atoms. The van der Waals surface area contributed by atoms with E-state index in [-0.39, 0.29) is 0 Å². The maximum absolute atomic E-state index is 5.44. The molecule has 0 radical (unpaired) electrons. The molecule has 0 atom stereocenters. The number of nitrogens with zero attached hydrogens (tertiary/aromatic N) is 3. The largest absolute Gasteiger partial charge is 0.374 e. The Morgan fingerprint density at radius 2 is 2.05 bits per heavy atom. The van der Waals surface area contributed by atoms with Gasteiger partial charge in [-0.3, -0.25) is 0 Å². The van der Waals surface area contributed by atoms with E-state index in [1.54, 1.807) is 11.8 Å². The van der Waals surface area contributed by atoms with Crippen LogP contribution in [0, 0.1) is 0 Å². The van der Waals surface area contributed by atoms with Gasteiger partial charge >= 0.3 is 0 Å². The van der Waals surface area contributed by atoms with E-state index in [1.165, 1.54) is 0 Å². The van der Waals surface area contributed by atoms with E-state index in [4.69, 9.17) is 10.6 Å². The molecule has 0 saturated heterocycles. The monoisotopic (exact) mass is 299 g/mol. The molecule has 6 nitrogen and oxygen atoms in total. The second kappa shape index (κ2) is 9.93. The molecule has 0 saturated carbocycles. The van der Waals surface area contributed by atoms with Gasteiger partial charge in [-0.2, -0.15) is 0 Å². The molecular formula is C13H25N5OS. The first kappa shape index (κ1) is 17.2. The molecule has 1 aromatic heterocycles. The van der Waals surface area contributed by atoms with Gasteiger partial charge < -0.3 is 15.1 Å².